The molecule has 0 bridgehead atoms. The third-order valence-corrected chi connectivity index (χ3v) is 4.08. The molecule has 1 heterocycles. The van der Waals surface area contributed by atoms with Gasteiger partial charge in [0.2, 0.25) is 0 Å². The predicted octanol–water partition coefficient (Wildman–Crippen LogP) is 4.01. The minimum absolute atomic E-state index is 0.734. The summed E-state index contributed by atoms with van der Waals surface area (Å²) in [5.74, 6) is 0. The predicted molar refractivity (Wildman–Crippen MR) is 83.1 cm³/mol. The van der Waals surface area contributed by atoms with Gasteiger partial charge in [-0.3, -0.25) is 0 Å². The van der Waals surface area contributed by atoms with Crippen molar-refractivity contribution in [3.63, 3.8) is 0 Å². The molecule has 1 aromatic carbocycles. The molecule has 0 saturated heterocycles. The van der Waals surface area contributed by atoms with Gasteiger partial charge < -0.3 is 5.32 Å². The first-order valence-electron chi connectivity index (χ1n) is 6.25. The van der Waals surface area contributed by atoms with E-state index >= 15 is 0 Å². The van der Waals surface area contributed by atoms with E-state index in [-0.39, 0.29) is 0 Å². The molecule has 0 aliphatic rings. The normalized spacial score (nSPS) is 11.0. The Morgan fingerprint density at radius 3 is 2.68 bits per heavy atom. The summed E-state index contributed by atoms with van der Waals surface area (Å²) in [6.07, 6.45) is 0. The quantitative estimate of drug-likeness (QED) is 0.909. The number of halogens is 2. The SMILES string of the molecule is CCNCc1cc(Br)ccc1-n1nc(C)c(Cl)c1C. The molecule has 3 nitrogen and oxygen atoms in total. The Morgan fingerprint density at radius 2 is 2.11 bits per heavy atom. The molecule has 0 atom stereocenters. The highest BCUT2D eigenvalue weighted by atomic mass is 79.9. The standard InChI is InChI=1S/C14H17BrClN3/c1-4-17-8-11-7-12(15)5-6-13(11)19-10(3)14(16)9(2)18-19/h5-7,17H,4,8H2,1-3H3. The van der Waals surface area contributed by atoms with Crippen LogP contribution in [0.5, 0.6) is 0 Å². The fraction of sp³-hybridized carbons (Fsp3) is 0.357. The molecule has 1 N–H and O–H groups in total. The van der Waals surface area contributed by atoms with Crippen LogP contribution < -0.4 is 5.32 Å². The average molecular weight is 343 g/mol. The minimum Gasteiger partial charge on any atom is -0.313 e. The molecule has 19 heavy (non-hydrogen) atoms. The molecule has 0 aliphatic heterocycles. The number of hydrogen-bond donors (Lipinski definition) is 1. The van der Waals surface area contributed by atoms with Gasteiger partial charge in [0.15, 0.2) is 0 Å². The van der Waals surface area contributed by atoms with Gasteiger partial charge in [-0.1, -0.05) is 34.5 Å². The highest BCUT2D eigenvalue weighted by molar-refractivity contribution is 9.10. The Bertz CT molecular complexity index is 593. The molecule has 102 valence electrons. The molecule has 0 unspecified atom stereocenters. The first kappa shape index (κ1) is 14.6. The summed E-state index contributed by atoms with van der Waals surface area (Å²) >= 11 is 9.74. The van der Waals surface area contributed by atoms with Gasteiger partial charge in [0.05, 0.1) is 22.1 Å². The van der Waals surface area contributed by atoms with Crippen LogP contribution in [0.2, 0.25) is 5.02 Å². The smallest absolute Gasteiger partial charge is 0.0848 e. The molecule has 2 aromatic rings. The molecule has 0 amide bonds. The van der Waals surface area contributed by atoms with Crippen LogP contribution in [0.15, 0.2) is 22.7 Å². The topological polar surface area (TPSA) is 29.9 Å². The summed E-state index contributed by atoms with van der Waals surface area (Å²) in [5.41, 5.74) is 4.09. The van der Waals surface area contributed by atoms with Crippen LogP contribution in [0.4, 0.5) is 0 Å². The molecule has 0 aliphatic carbocycles. The van der Waals surface area contributed by atoms with Crippen molar-refractivity contribution in [1.82, 2.24) is 15.1 Å². The minimum atomic E-state index is 0.734. The molecule has 0 radical (unpaired) electrons. The molecular formula is C14H17BrClN3. The zero-order valence-corrected chi connectivity index (χ0v) is 13.6. The number of nitrogens with zero attached hydrogens (tertiary/aromatic N) is 2. The molecular weight excluding hydrogens is 326 g/mol. The van der Waals surface area contributed by atoms with Crippen LogP contribution in [0.25, 0.3) is 5.69 Å². The van der Waals surface area contributed by atoms with Crippen molar-refractivity contribution in [3.05, 3.63) is 44.6 Å². The van der Waals surface area contributed by atoms with Crippen molar-refractivity contribution >= 4 is 27.5 Å². The third-order valence-electron chi connectivity index (χ3n) is 3.04. The first-order chi connectivity index (χ1) is 9.04. The van der Waals surface area contributed by atoms with Gasteiger partial charge in [-0.2, -0.15) is 5.10 Å². The summed E-state index contributed by atoms with van der Waals surface area (Å²) in [6.45, 7) is 7.75. The van der Waals surface area contributed by atoms with E-state index in [1.807, 2.05) is 24.6 Å². The number of rotatable bonds is 4. The van der Waals surface area contributed by atoms with Crippen molar-refractivity contribution in [3.8, 4) is 5.69 Å². The van der Waals surface area contributed by atoms with Crippen LogP contribution in [0, 0.1) is 13.8 Å². The fourth-order valence-corrected chi connectivity index (χ4v) is 2.55. The van der Waals surface area contributed by atoms with Gasteiger partial charge in [0, 0.05) is 11.0 Å². The monoisotopic (exact) mass is 341 g/mol. The largest absolute Gasteiger partial charge is 0.313 e. The van der Waals surface area contributed by atoms with Gasteiger partial charge in [0.1, 0.15) is 0 Å². The number of aryl methyl sites for hydroxylation is 1. The second-order valence-corrected chi connectivity index (χ2v) is 5.74. The lowest BCUT2D eigenvalue weighted by molar-refractivity contribution is 0.713. The maximum atomic E-state index is 6.23. The molecule has 2 rings (SSSR count). The van der Waals surface area contributed by atoms with Crippen LogP contribution in [-0.4, -0.2) is 16.3 Å². The summed E-state index contributed by atoms with van der Waals surface area (Å²) in [6, 6.07) is 6.20. The van der Waals surface area contributed by atoms with Gasteiger partial charge in [-0.25, -0.2) is 4.68 Å². The van der Waals surface area contributed by atoms with Crippen LogP contribution in [0.1, 0.15) is 23.9 Å². The first-order valence-corrected chi connectivity index (χ1v) is 7.43. The van der Waals surface area contributed by atoms with Crippen molar-refractivity contribution in [2.45, 2.75) is 27.3 Å². The summed E-state index contributed by atoms with van der Waals surface area (Å²) in [5, 5.41) is 8.60. The highest BCUT2D eigenvalue weighted by Crippen LogP contribution is 2.26. The summed E-state index contributed by atoms with van der Waals surface area (Å²) in [7, 11) is 0. The van der Waals surface area contributed by atoms with E-state index in [2.05, 4.69) is 45.4 Å². The lowest BCUT2D eigenvalue weighted by Crippen LogP contribution is -2.14. The summed E-state index contributed by atoms with van der Waals surface area (Å²) < 4.78 is 2.98. The molecule has 0 spiro atoms. The van der Waals surface area contributed by atoms with Crippen LogP contribution >= 0.6 is 27.5 Å². The fourth-order valence-electron chi connectivity index (χ4n) is 2.02. The maximum absolute atomic E-state index is 6.23. The Morgan fingerprint density at radius 1 is 1.37 bits per heavy atom. The Labute approximate surface area is 127 Å². The van der Waals surface area contributed by atoms with E-state index in [0.29, 0.717) is 0 Å². The van der Waals surface area contributed by atoms with Crippen molar-refractivity contribution in [2.24, 2.45) is 0 Å². The number of benzene rings is 1. The number of nitrogens with one attached hydrogen (secondary N) is 1. The number of hydrogen-bond acceptors (Lipinski definition) is 2. The molecule has 0 saturated carbocycles. The van der Waals surface area contributed by atoms with Crippen LogP contribution in [0.3, 0.4) is 0 Å². The second-order valence-electron chi connectivity index (χ2n) is 4.45. The maximum Gasteiger partial charge on any atom is 0.0848 e. The van der Waals surface area contributed by atoms with E-state index in [9.17, 15) is 0 Å². The lowest BCUT2D eigenvalue weighted by atomic mass is 10.1. The molecule has 1 aromatic heterocycles. The zero-order valence-electron chi connectivity index (χ0n) is 11.3. The Balaban J connectivity index is 2.51. The van der Waals surface area contributed by atoms with E-state index in [1.165, 1.54) is 5.56 Å². The van der Waals surface area contributed by atoms with Crippen LogP contribution in [-0.2, 0) is 6.54 Å². The average Bonchev–Trinajstić information content (AvgIpc) is 2.64. The van der Waals surface area contributed by atoms with Crippen molar-refractivity contribution < 1.29 is 0 Å². The van der Waals surface area contributed by atoms with E-state index in [4.69, 9.17) is 11.6 Å². The highest BCUT2D eigenvalue weighted by Gasteiger charge is 2.13. The van der Waals surface area contributed by atoms with Gasteiger partial charge in [0.25, 0.3) is 0 Å². The van der Waals surface area contributed by atoms with Gasteiger partial charge >= 0.3 is 0 Å². The third kappa shape index (κ3) is 3.02. The summed E-state index contributed by atoms with van der Waals surface area (Å²) in [4.78, 5) is 0. The lowest BCUT2D eigenvalue weighted by Gasteiger charge is -2.12. The van der Waals surface area contributed by atoms with E-state index in [0.717, 1.165) is 39.7 Å². The van der Waals surface area contributed by atoms with E-state index < -0.39 is 0 Å². The van der Waals surface area contributed by atoms with Gasteiger partial charge in [-0.15, -0.1) is 0 Å². The molecule has 5 heteroatoms. The van der Waals surface area contributed by atoms with E-state index in [1.54, 1.807) is 0 Å². The zero-order chi connectivity index (χ0) is 14.0. The van der Waals surface area contributed by atoms with Gasteiger partial charge in [-0.05, 0) is 44.2 Å². The van der Waals surface area contributed by atoms with Crippen molar-refractivity contribution in [2.75, 3.05) is 6.54 Å². The molecule has 0 fully saturated rings. The Kier molecular flexibility index (Phi) is 4.66. The number of aromatic nitrogens is 2. The Hall–Kier alpha value is -0.840. The second kappa shape index (κ2) is 6.07. The van der Waals surface area contributed by atoms with Crippen molar-refractivity contribution in [1.29, 1.82) is 0 Å².